The van der Waals surface area contributed by atoms with Gasteiger partial charge < -0.3 is 14.7 Å². The monoisotopic (exact) mass is 277 g/mol. The molecule has 1 N–H and O–H groups in total. The smallest absolute Gasteiger partial charge is 0.323 e. The Balaban J connectivity index is 2.03. The first-order chi connectivity index (χ1) is 9.61. The van der Waals surface area contributed by atoms with Gasteiger partial charge in [-0.05, 0) is 24.0 Å². The number of amides is 1. The van der Waals surface area contributed by atoms with Crippen molar-refractivity contribution >= 4 is 11.9 Å². The van der Waals surface area contributed by atoms with Crippen LogP contribution in [0.1, 0.15) is 11.1 Å². The van der Waals surface area contributed by atoms with Crippen molar-refractivity contribution in [3.8, 4) is 0 Å². The molecule has 0 heterocycles. The second-order valence-electron chi connectivity index (χ2n) is 5.02. The predicted octanol–water partition coefficient (Wildman–Crippen LogP) is 0.961. The summed E-state index contributed by atoms with van der Waals surface area (Å²) in [5.74, 6) is -1.24. The average molecular weight is 277 g/mol. The summed E-state index contributed by atoms with van der Waals surface area (Å²) in [5.41, 5.74) is 2.38. The third kappa shape index (κ3) is 3.36. The third-order valence-corrected chi connectivity index (χ3v) is 3.60. The molecule has 0 saturated carbocycles. The lowest BCUT2D eigenvalue weighted by atomic mass is 10.0. The van der Waals surface area contributed by atoms with Crippen molar-refractivity contribution in [2.75, 3.05) is 26.8 Å². The number of carbonyl (C=O) groups excluding carboxylic acids is 1. The Morgan fingerprint density at radius 1 is 1.30 bits per heavy atom. The van der Waals surface area contributed by atoms with E-state index in [0.29, 0.717) is 26.0 Å². The molecule has 108 valence electrons. The summed E-state index contributed by atoms with van der Waals surface area (Å²) in [5, 5.41) is 8.91. The van der Waals surface area contributed by atoms with E-state index in [4.69, 9.17) is 9.84 Å². The van der Waals surface area contributed by atoms with E-state index in [0.717, 1.165) is 0 Å². The van der Waals surface area contributed by atoms with Crippen molar-refractivity contribution in [3.63, 3.8) is 0 Å². The molecule has 0 fully saturated rings. The van der Waals surface area contributed by atoms with Crippen LogP contribution in [0.5, 0.6) is 0 Å². The van der Waals surface area contributed by atoms with Gasteiger partial charge in [0.2, 0.25) is 5.91 Å². The molecule has 0 atom stereocenters. The maximum atomic E-state index is 12.5. The summed E-state index contributed by atoms with van der Waals surface area (Å²) in [7, 11) is 1.54. The molecule has 0 aliphatic heterocycles. The van der Waals surface area contributed by atoms with E-state index in [-0.39, 0.29) is 18.4 Å². The summed E-state index contributed by atoms with van der Waals surface area (Å²) >= 11 is 0. The van der Waals surface area contributed by atoms with Crippen LogP contribution in [-0.2, 0) is 27.2 Å². The van der Waals surface area contributed by atoms with Crippen molar-refractivity contribution in [3.05, 3.63) is 35.4 Å². The van der Waals surface area contributed by atoms with Gasteiger partial charge in [-0.1, -0.05) is 24.3 Å². The van der Waals surface area contributed by atoms with E-state index in [1.54, 1.807) is 0 Å². The Morgan fingerprint density at radius 3 is 2.40 bits per heavy atom. The second-order valence-corrected chi connectivity index (χ2v) is 5.02. The van der Waals surface area contributed by atoms with Gasteiger partial charge in [-0.25, -0.2) is 0 Å². The molecule has 1 aliphatic carbocycles. The van der Waals surface area contributed by atoms with Gasteiger partial charge in [-0.15, -0.1) is 0 Å². The van der Waals surface area contributed by atoms with Crippen LogP contribution in [0.4, 0.5) is 0 Å². The molecule has 0 saturated heterocycles. The van der Waals surface area contributed by atoms with Crippen molar-refractivity contribution < 1.29 is 19.4 Å². The quantitative estimate of drug-likeness (QED) is 0.841. The fourth-order valence-corrected chi connectivity index (χ4v) is 2.62. The minimum atomic E-state index is -0.995. The highest BCUT2D eigenvalue weighted by Crippen LogP contribution is 2.27. The van der Waals surface area contributed by atoms with Gasteiger partial charge in [0.1, 0.15) is 6.54 Å². The highest BCUT2D eigenvalue weighted by Gasteiger charge is 2.31. The zero-order valence-electron chi connectivity index (χ0n) is 11.5. The summed E-state index contributed by atoms with van der Waals surface area (Å²) in [4.78, 5) is 24.7. The largest absolute Gasteiger partial charge is 0.480 e. The minimum Gasteiger partial charge on any atom is -0.480 e. The Labute approximate surface area is 118 Å². The summed E-state index contributed by atoms with van der Waals surface area (Å²) < 4.78 is 4.94. The van der Waals surface area contributed by atoms with Crippen LogP contribution in [0.2, 0.25) is 0 Å². The first-order valence-corrected chi connectivity index (χ1v) is 6.68. The van der Waals surface area contributed by atoms with E-state index < -0.39 is 5.97 Å². The molecule has 5 heteroatoms. The topological polar surface area (TPSA) is 66.8 Å². The molecule has 5 nitrogen and oxygen atoms in total. The second kappa shape index (κ2) is 6.52. The highest BCUT2D eigenvalue weighted by molar-refractivity contribution is 5.84. The summed E-state index contributed by atoms with van der Waals surface area (Å²) in [6.07, 6.45) is 1.39. The van der Waals surface area contributed by atoms with E-state index in [9.17, 15) is 9.59 Å². The van der Waals surface area contributed by atoms with Crippen LogP contribution in [0, 0.1) is 5.92 Å². The molecular formula is C15H19NO4. The van der Waals surface area contributed by atoms with E-state index in [1.807, 2.05) is 24.3 Å². The van der Waals surface area contributed by atoms with Gasteiger partial charge in [0, 0.05) is 19.6 Å². The lowest BCUT2D eigenvalue weighted by Gasteiger charge is -2.23. The number of carboxylic acids is 1. The maximum Gasteiger partial charge on any atom is 0.323 e. The first kappa shape index (κ1) is 14.5. The Bertz CT molecular complexity index is 475. The number of hydrogen-bond acceptors (Lipinski definition) is 3. The van der Waals surface area contributed by atoms with E-state index in [1.165, 1.54) is 23.1 Å². The van der Waals surface area contributed by atoms with Crippen LogP contribution in [0.25, 0.3) is 0 Å². The van der Waals surface area contributed by atoms with Gasteiger partial charge in [0.25, 0.3) is 0 Å². The van der Waals surface area contributed by atoms with Crippen molar-refractivity contribution in [2.24, 2.45) is 5.92 Å². The highest BCUT2D eigenvalue weighted by atomic mass is 16.5. The number of nitrogens with zero attached hydrogens (tertiary/aromatic N) is 1. The molecule has 1 amide bonds. The number of rotatable bonds is 6. The van der Waals surface area contributed by atoms with Crippen LogP contribution in [0.15, 0.2) is 24.3 Å². The number of fused-ring (bicyclic) bond motifs is 1. The average Bonchev–Trinajstić information content (AvgIpc) is 2.86. The molecule has 0 unspecified atom stereocenters. The zero-order chi connectivity index (χ0) is 14.5. The number of methoxy groups -OCH3 is 1. The molecule has 1 aromatic carbocycles. The van der Waals surface area contributed by atoms with Gasteiger partial charge in [-0.3, -0.25) is 9.59 Å². The standard InChI is InChI=1S/C15H19NO4/c1-20-7-6-16(10-14(17)18)15(19)13-8-11-4-2-3-5-12(11)9-13/h2-5,13H,6-10H2,1H3,(H,17,18). The third-order valence-electron chi connectivity index (χ3n) is 3.60. The van der Waals surface area contributed by atoms with Crippen LogP contribution >= 0.6 is 0 Å². The number of carboxylic acid groups (broad SMARTS) is 1. The van der Waals surface area contributed by atoms with Crippen LogP contribution in [-0.4, -0.2) is 48.7 Å². The van der Waals surface area contributed by atoms with Crippen molar-refractivity contribution in [1.29, 1.82) is 0 Å². The van der Waals surface area contributed by atoms with Gasteiger partial charge >= 0.3 is 5.97 Å². The predicted molar refractivity (Wildman–Crippen MR) is 73.4 cm³/mol. The first-order valence-electron chi connectivity index (χ1n) is 6.68. The van der Waals surface area contributed by atoms with E-state index in [2.05, 4.69) is 0 Å². The lowest BCUT2D eigenvalue weighted by molar-refractivity contribution is -0.146. The Kier molecular flexibility index (Phi) is 4.74. The van der Waals surface area contributed by atoms with Crippen molar-refractivity contribution in [2.45, 2.75) is 12.8 Å². The van der Waals surface area contributed by atoms with Gasteiger partial charge in [0.05, 0.1) is 6.61 Å². The fraction of sp³-hybridized carbons (Fsp3) is 0.467. The van der Waals surface area contributed by atoms with Crippen molar-refractivity contribution in [1.82, 2.24) is 4.90 Å². The van der Waals surface area contributed by atoms with Gasteiger partial charge in [0.15, 0.2) is 0 Å². The van der Waals surface area contributed by atoms with Crippen LogP contribution in [0.3, 0.4) is 0 Å². The number of benzene rings is 1. The summed E-state index contributed by atoms with van der Waals surface area (Å²) in [6.45, 7) is 0.391. The maximum absolute atomic E-state index is 12.5. The Morgan fingerprint density at radius 2 is 1.90 bits per heavy atom. The van der Waals surface area contributed by atoms with Gasteiger partial charge in [-0.2, -0.15) is 0 Å². The molecule has 1 aliphatic rings. The molecule has 0 aromatic heterocycles. The molecule has 1 aromatic rings. The Hall–Kier alpha value is -1.88. The number of hydrogen-bond donors (Lipinski definition) is 1. The molecule has 0 bridgehead atoms. The molecule has 20 heavy (non-hydrogen) atoms. The number of ether oxygens (including phenoxy) is 1. The minimum absolute atomic E-state index is 0.0966. The van der Waals surface area contributed by atoms with E-state index >= 15 is 0 Å². The lowest BCUT2D eigenvalue weighted by Crippen LogP contribution is -2.41. The molecule has 0 radical (unpaired) electrons. The normalized spacial score (nSPS) is 14.1. The van der Waals surface area contributed by atoms with Crippen LogP contribution < -0.4 is 0 Å². The number of aliphatic carboxylic acids is 1. The zero-order valence-corrected chi connectivity index (χ0v) is 11.5. The summed E-state index contributed by atoms with van der Waals surface area (Å²) in [6, 6.07) is 7.98. The SMILES string of the molecule is COCCN(CC(=O)O)C(=O)C1Cc2ccccc2C1. The molecular weight excluding hydrogens is 258 g/mol. The molecule has 0 spiro atoms. The fourth-order valence-electron chi connectivity index (χ4n) is 2.62. The molecule has 2 rings (SSSR count). The number of carbonyl (C=O) groups is 2.